The zero-order valence-electron chi connectivity index (χ0n) is 10.7. The summed E-state index contributed by atoms with van der Waals surface area (Å²) in [4.78, 5) is 11.9. The van der Waals surface area contributed by atoms with Gasteiger partial charge in [0.2, 0.25) is 0 Å². The van der Waals surface area contributed by atoms with Crippen molar-refractivity contribution in [2.75, 3.05) is 0 Å². The zero-order chi connectivity index (χ0) is 13.0. The summed E-state index contributed by atoms with van der Waals surface area (Å²) in [5.74, 6) is -0.0798. The lowest BCUT2D eigenvalue weighted by atomic mass is 10.0. The summed E-state index contributed by atoms with van der Waals surface area (Å²) >= 11 is 0. The second-order valence-electron chi connectivity index (χ2n) is 4.62. The van der Waals surface area contributed by atoms with Crippen molar-refractivity contribution in [2.24, 2.45) is 5.92 Å². The first kappa shape index (κ1) is 13.2. The number of amides is 1. The van der Waals surface area contributed by atoms with Crippen LogP contribution in [0.2, 0.25) is 0 Å². The summed E-state index contributed by atoms with van der Waals surface area (Å²) in [7, 11) is 0. The Morgan fingerprint density at radius 3 is 2.41 bits per heavy atom. The van der Waals surface area contributed by atoms with Crippen molar-refractivity contribution in [3.63, 3.8) is 0 Å². The first-order chi connectivity index (χ1) is 7.95. The number of benzene rings is 1. The lowest BCUT2D eigenvalue weighted by Gasteiger charge is -2.15. The molecule has 1 N–H and O–H groups in total. The fourth-order valence-electron chi connectivity index (χ4n) is 1.46. The number of rotatable bonds is 3. The topological polar surface area (TPSA) is 52.9 Å². The Kier molecular flexibility index (Phi) is 4.28. The molecular formula is C14H18N2O. The molecule has 3 nitrogen and oxygen atoms in total. The molecule has 0 aliphatic carbocycles. The predicted octanol–water partition coefficient (Wildman–Crippen LogP) is 2.58. The largest absolute Gasteiger partial charge is 0.336 e. The van der Waals surface area contributed by atoms with Crippen molar-refractivity contribution in [1.29, 1.82) is 5.26 Å². The highest BCUT2D eigenvalue weighted by Gasteiger charge is 2.16. The third-order valence-electron chi connectivity index (χ3n) is 2.86. The standard InChI is InChI=1S/C14H18N2O/c1-9(2)13(8-15)16-14(17)12-6-5-10(3)11(4)7-12/h5-7,9,13H,1-4H3,(H,16,17). The van der Waals surface area contributed by atoms with Gasteiger partial charge in [0.15, 0.2) is 0 Å². The Balaban J connectivity index is 2.83. The van der Waals surface area contributed by atoms with Gasteiger partial charge in [-0.15, -0.1) is 0 Å². The molecule has 0 aliphatic heterocycles. The van der Waals surface area contributed by atoms with E-state index in [1.54, 1.807) is 6.07 Å². The van der Waals surface area contributed by atoms with Crippen molar-refractivity contribution >= 4 is 5.91 Å². The summed E-state index contributed by atoms with van der Waals surface area (Å²) in [6.07, 6.45) is 0. The summed E-state index contributed by atoms with van der Waals surface area (Å²) in [5.41, 5.74) is 2.84. The van der Waals surface area contributed by atoms with E-state index in [-0.39, 0.29) is 11.8 Å². The summed E-state index contributed by atoms with van der Waals surface area (Å²) in [5, 5.41) is 11.7. The van der Waals surface area contributed by atoms with E-state index in [4.69, 9.17) is 5.26 Å². The van der Waals surface area contributed by atoms with Crippen molar-refractivity contribution in [1.82, 2.24) is 5.32 Å². The lowest BCUT2D eigenvalue weighted by Crippen LogP contribution is -2.37. The smallest absolute Gasteiger partial charge is 0.252 e. The molecule has 0 aliphatic rings. The van der Waals surface area contributed by atoms with Crippen LogP contribution in [0, 0.1) is 31.1 Å². The maximum absolute atomic E-state index is 11.9. The number of aryl methyl sites for hydroxylation is 2. The number of hydrogen-bond acceptors (Lipinski definition) is 2. The molecule has 0 saturated carbocycles. The Labute approximate surface area is 102 Å². The van der Waals surface area contributed by atoms with Crippen LogP contribution in [0.3, 0.4) is 0 Å². The van der Waals surface area contributed by atoms with Gasteiger partial charge >= 0.3 is 0 Å². The van der Waals surface area contributed by atoms with Gasteiger partial charge < -0.3 is 5.32 Å². The fourth-order valence-corrected chi connectivity index (χ4v) is 1.46. The summed E-state index contributed by atoms with van der Waals surface area (Å²) < 4.78 is 0. The fraction of sp³-hybridized carbons (Fsp3) is 0.429. The molecule has 0 bridgehead atoms. The number of carbonyl (C=O) groups is 1. The minimum absolute atomic E-state index is 0.107. The van der Waals surface area contributed by atoms with Crippen LogP contribution >= 0.6 is 0 Å². The van der Waals surface area contributed by atoms with Gasteiger partial charge in [0.25, 0.3) is 5.91 Å². The average Bonchev–Trinajstić information content (AvgIpc) is 2.28. The summed E-state index contributed by atoms with van der Waals surface area (Å²) in [6.45, 7) is 7.79. The molecule has 1 amide bonds. The third-order valence-corrected chi connectivity index (χ3v) is 2.86. The van der Waals surface area contributed by atoms with Gasteiger partial charge in [-0.1, -0.05) is 19.9 Å². The van der Waals surface area contributed by atoms with E-state index in [1.165, 1.54) is 0 Å². The molecular weight excluding hydrogens is 212 g/mol. The van der Waals surface area contributed by atoms with Crippen LogP contribution in [-0.4, -0.2) is 11.9 Å². The average molecular weight is 230 g/mol. The van der Waals surface area contributed by atoms with Crippen molar-refractivity contribution in [3.05, 3.63) is 34.9 Å². The first-order valence-electron chi connectivity index (χ1n) is 5.73. The van der Waals surface area contributed by atoms with Gasteiger partial charge in [-0.2, -0.15) is 5.26 Å². The van der Waals surface area contributed by atoms with Crippen LogP contribution in [0.15, 0.2) is 18.2 Å². The molecule has 1 rings (SSSR count). The normalized spacial score (nSPS) is 12.0. The second-order valence-corrected chi connectivity index (χ2v) is 4.62. The van der Waals surface area contributed by atoms with Gasteiger partial charge in [0.1, 0.15) is 6.04 Å². The van der Waals surface area contributed by atoms with Crippen LogP contribution in [0.25, 0.3) is 0 Å². The van der Waals surface area contributed by atoms with E-state index in [2.05, 4.69) is 11.4 Å². The van der Waals surface area contributed by atoms with Gasteiger partial charge in [-0.05, 0) is 43.0 Å². The Bertz CT molecular complexity index is 458. The molecule has 0 spiro atoms. The number of nitrogens with zero attached hydrogens (tertiary/aromatic N) is 1. The first-order valence-corrected chi connectivity index (χ1v) is 5.73. The lowest BCUT2D eigenvalue weighted by molar-refractivity contribution is 0.0937. The van der Waals surface area contributed by atoms with Gasteiger partial charge in [0, 0.05) is 5.56 Å². The molecule has 1 aromatic rings. The SMILES string of the molecule is Cc1ccc(C(=O)NC(C#N)C(C)C)cc1C. The molecule has 1 atom stereocenters. The number of nitrogens with one attached hydrogen (secondary N) is 1. The third kappa shape index (κ3) is 3.32. The van der Waals surface area contributed by atoms with Crippen molar-refractivity contribution < 1.29 is 4.79 Å². The zero-order valence-corrected chi connectivity index (χ0v) is 10.7. The molecule has 0 fully saturated rings. The molecule has 1 unspecified atom stereocenters. The molecule has 1 aromatic carbocycles. The minimum Gasteiger partial charge on any atom is -0.336 e. The highest BCUT2D eigenvalue weighted by atomic mass is 16.1. The Hall–Kier alpha value is -1.82. The number of nitriles is 1. The van der Waals surface area contributed by atoms with E-state index in [0.29, 0.717) is 5.56 Å². The van der Waals surface area contributed by atoms with E-state index in [9.17, 15) is 4.79 Å². The number of carbonyl (C=O) groups excluding carboxylic acids is 1. The van der Waals surface area contributed by atoms with Crippen LogP contribution < -0.4 is 5.32 Å². The number of hydrogen-bond donors (Lipinski definition) is 1. The van der Waals surface area contributed by atoms with Crippen LogP contribution in [-0.2, 0) is 0 Å². The van der Waals surface area contributed by atoms with Gasteiger partial charge in [0.05, 0.1) is 6.07 Å². The Morgan fingerprint density at radius 2 is 1.94 bits per heavy atom. The van der Waals surface area contributed by atoms with E-state index in [0.717, 1.165) is 11.1 Å². The minimum atomic E-state index is -0.441. The maximum atomic E-state index is 11.9. The second kappa shape index (κ2) is 5.49. The monoisotopic (exact) mass is 230 g/mol. The molecule has 17 heavy (non-hydrogen) atoms. The Morgan fingerprint density at radius 1 is 1.29 bits per heavy atom. The van der Waals surface area contributed by atoms with Crippen LogP contribution in [0.5, 0.6) is 0 Å². The van der Waals surface area contributed by atoms with Crippen LogP contribution in [0.1, 0.15) is 35.3 Å². The molecule has 90 valence electrons. The van der Waals surface area contributed by atoms with E-state index < -0.39 is 6.04 Å². The van der Waals surface area contributed by atoms with Crippen molar-refractivity contribution in [2.45, 2.75) is 33.7 Å². The van der Waals surface area contributed by atoms with E-state index in [1.807, 2.05) is 39.8 Å². The quantitative estimate of drug-likeness (QED) is 0.867. The van der Waals surface area contributed by atoms with Crippen molar-refractivity contribution in [3.8, 4) is 6.07 Å². The molecule has 3 heteroatoms. The van der Waals surface area contributed by atoms with Gasteiger partial charge in [-0.3, -0.25) is 4.79 Å². The van der Waals surface area contributed by atoms with Gasteiger partial charge in [-0.25, -0.2) is 0 Å². The van der Waals surface area contributed by atoms with E-state index >= 15 is 0 Å². The molecule has 0 heterocycles. The summed E-state index contributed by atoms with van der Waals surface area (Å²) in [6, 6.07) is 7.20. The predicted molar refractivity (Wildman–Crippen MR) is 67.6 cm³/mol. The molecule has 0 aromatic heterocycles. The molecule has 0 saturated heterocycles. The highest BCUT2D eigenvalue weighted by molar-refractivity contribution is 5.94. The highest BCUT2D eigenvalue weighted by Crippen LogP contribution is 2.10. The van der Waals surface area contributed by atoms with Crippen LogP contribution in [0.4, 0.5) is 0 Å². The maximum Gasteiger partial charge on any atom is 0.252 e. The molecule has 0 radical (unpaired) electrons.